The van der Waals surface area contributed by atoms with Gasteiger partial charge in [-0.1, -0.05) is 127 Å². The third-order valence-corrected chi connectivity index (χ3v) is 13.2. The van der Waals surface area contributed by atoms with E-state index in [2.05, 4.69) is 177 Å². The summed E-state index contributed by atoms with van der Waals surface area (Å²) in [7, 11) is 0. The maximum Gasteiger partial charge on any atom is 0.237 e. The molecule has 0 amide bonds. The van der Waals surface area contributed by atoms with E-state index in [1.165, 1.54) is 70.4 Å². The Morgan fingerprint density at radius 2 is 0.917 bits per heavy atom. The lowest BCUT2D eigenvalue weighted by Gasteiger charge is -2.12. The summed E-state index contributed by atoms with van der Waals surface area (Å²) in [6.45, 7) is 0. The van der Waals surface area contributed by atoms with Gasteiger partial charge in [0.25, 0.3) is 0 Å². The monoisotopic (exact) mass is 763 g/mol. The van der Waals surface area contributed by atoms with Crippen LogP contribution in [0.2, 0.25) is 0 Å². The average Bonchev–Trinajstić information content (AvgIpc) is 4.10. The van der Waals surface area contributed by atoms with Crippen LogP contribution in [-0.2, 0) is 0 Å². The van der Waals surface area contributed by atoms with E-state index in [9.17, 15) is 0 Å². The summed E-state index contributed by atoms with van der Waals surface area (Å²) in [5, 5.41) is 15.5. The molecule has 0 aliphatic carbocycles. The van der Waals surface area contributed by atoms with Crippen LogP contribution >= 0.6 is 0 Å². The van der Waals surface area contributed by atoms with Crippen LogP contribution in [0.4, 0.5) is 0 Å². The van der Waals surface area contributed by atoms with Gasteiger partial charge in [0.05, 0.1) is 38.6 Å². The molecule has 0 radical (unpaired) electrons. The molecule has 0 atom stereocenters. The number of hydrogen-bond donors (Lipinski definition) is 0. The molecule has 6 heteroatoms. The van der Waals surface area contributed by atoms with Crippen molar-refractivity contribution in [3.05, 3.63) is 176 Å². The van der Waals surface area contributed by atoms with E-state index >= 15 is 0 Å². The predicted octanol–water partition coefficient (Wildman–Crippen LogP) is 14.0. The average molecular weight is 764 g/mol. The molecule has 60 heavy (non-hydrogen) atoms. The third-order valence-electron chi connectivity index (χ3n) is 13.2. The van der Waals surface area contributed by atoms with Gasteiger partial charge in [-0.3, -0.25) is 9.13 Å². The Kier molecular flexibility index (Phi) is 5.57. The lowest BCUT2D eigenvalue weighted by atomic mass is 9.99. The predicted molar refractivity (Wildman–Crippen MR) is 248 cm³/mol. The lowest BCUT2D eigenvalue weighted by Crippen LogP contribution is -2.06. The van der Waals surface area contributed by atoms with Gasteiger partial charge in [-0.05, 0) is 70.1 Å². The van der Waals surface area contributed by atoms with Crippen molar-refractivity contribution in [1.82, 2.24) is 23.5 Å². The van der Waals surface area contributed by atoms with E-state index in [0.717, 1.165) is 49.3 Å². The Balaban J connectivity index is 1.17. The molecule has 0 N–H and O–H groups in total. The first-order valence-corrected chi connectivity index (χ1v) is 20.4. The topological polar surface area (TPSA) is 53.2 Å². The molecule has 6 heterocycles. The Morgan fingerprint density at radius 3 is 1.65 bits per heavy atom. The Bertz CT molecular complexity index is 4370. The van der Waals surface area contributed by atoms with Crippen LogP contribution in [0.25, 0.3) is 137 Å². The van der Waals surface area contributed by atoms with Gasteiger partial charge in [0.1, 0.15) is 11.1 Å². The van der Waals surface area contributed by atoms with Crippen molar-refractivity contribution in [3.8, 4) is 11.8 Å². The van der Waals surface area contributed by atoms with Crippen molar-refractivity contribution in [2.24, 2.45) is 0 Å². The standard InChI is InChI=1S/C54H29N5O/c1-3-15-32-30(13-1)26-28-43-46(32)34-17-5-11-23-41(34)59(43)54-55-50-37-20-8-12-24-45(37)60-52(50)53(56-54)58-40-22-10-6-18-35(40)48-44(58)29-38-47-33-16-4-2-14-31(33)25-27-42(47)57-39-21-9-7-19-36(39)49(48)51(38)57/h1-29H. The summed E-state index contributed by atoms with van der Waals surface area (Å²) in [5.41, 5.74) is 10.1. The molecule has 0 bridgehead atoms. The summed E-state index contributed by atoms with van der Waals surface area (Å²) >= 11 is 0. The summed E-state index contributed by atoms with van der Waals surface area (Å²) < 4.78 is 13.9. The fourth-order valence-electron chi connectivity index (χ4n) is 10.8. The molecule has 0 unspecified atom stereocenters. The fraction of sp³-hybridized carbons (Fsp3) is 0. The first-order chi connectivity index (χ1) is 29.8. The van der Waals surface area contributed by atoms with Crippen molar-refractivity contribution in [3.63, 3.8) is 0 Å². The largest absolute Gasteiger partial charge is 0.450 e. The molecule has 0 aliphatic rings. The Hall–Kier alpha value is -8.22. The number of hydrogen-bond acceptors (Lipinski definition) is 3. The molecule has 0 aliphatic heterocycles. The lowest BCUT2D eigenvalue weighted by molar-refractivity contribution is 0.661. The fourth-order valence-corrected chi connectivity index (χ4v) is 10.8. The van der Waals surface area contributed by atoms with Crippen LogP contribution in [0.1, 0.15) is 0 Å². The van der Waals surface area contributed by atoms with E-state index in [1.54, 1.807) is 0 Å². The summed E-state index contributed by atoms with van der Waals surface area (Å²) in [5.74, 6) is 1.30. The highest BCUT2D eigenvalue weighted by atomic mass is 16.3. The van der Waals surface area contributed by atoms with Crippen LogP contribution in [0.5, 0.6) is 0 Å². The number of furan rings is 1. The number of para-hydroxylation sites is 4. The molecular formula is C54H29N5O. The van der Waals surface area contributed by atoms with Gasteiger partial charge in [0.2, 0.25) is 5.95 Å². The van der Waals surface area contributed by atoms with Gasteiger partial charge < -0.3 is 8.82 Å². The first-order valence-electron chi connectivity index (χ1n) is 20.4. The number of fused-ring (bicyclic) bond motifs is 20. The molecule has 9 aromatic carbocycles. The SMILES string of the molecule is c1ccc2c(c1)ccc1c2c2ccccc2n1-c1nc(-n2c3ccccc3c3c4c5ccccc5n5c6ccc7ccccc7c6c(cc32)c45)c2oc3ccccc3c2n1. The molecule has 15 aromatic rings. The van der Waals surface area contributed by atoms with Gasteiger partial charge in [-0.2, -0.15) is 4.98 Å². The van der Waals surface area contributed by atoms with Crippen LogP contribution in [0.3, 0.4) is 0 Å². The highest BCUT2D eigenvalue weighted by Gasteiger charge is 2.28. The number of aromatic nitrogens is 5. The molecule has 0 spiro atoms. The molecule has 6 nitrogen and oxygen atoms in total. The van der Waals surface area contributed by atoms with Crippen LogP contribution in [0, 0.1) is 0 Å². The second-order valence-corrected chi connectivity index (χ2v) is 16.1. The zero-order chi connectivity index (χ0) is 38.8. The molecule has 0 saturated carbocycles. The summed E-state index contributed by atoms with van der Waals surface area (Å²) in [6, 6.07) is 63.2. The third kappa shape index (κ3) is 3.66. The van der Waals surface area contributed by atoms with Gasteiger partial charge in [0.15, 0.2) is 11.4 Å². The van der Waals surface area contributed by atoms with E-state index in [1.807, 2.05) is 12.1 Å². The molecule has 276 valence electrons. The maximum absolute atomic E-state index is 6.87. The molecule has 6 aromatic heterocycles. The van der Waals surface area contributed by atoms with Gasteiger partial charge in [-0.25, -0.2) is 4.98 Å². The minimum atomic E-state index is 0.593. The number of nitrogens with zero attached hydrogens (tertiary/aromatic N) is 5. The molecule has 0 fully saturated rings. The van der Waals surface area contributed by atoms with Gasteiger partial charge in [-0.15, -0.1) is 0 Å². The number of rotatable bonds is 2. The second-order valence-electron chi connectivity index (χ2n) is 16.1. The van der Waals surface area contributed by atoms with Crippen LogP contribution < -0.4 is 0 Å². The van der Waals surface area contributed by atoms with Crippen molar-refractivity contribution >= 4 is 125 Å². The number of benzene rings is 9. The molecular weight excluding hydrogens is 735 g/mol. The summed E-state index contributed by atoms with van der Waals surface area (Å²) in [6.07, 6.45) is 0. The Labute approximate surface area is 339 Å². The first kappa shape index (κ1) is 30.9. The Morgan fingerprint density at radius 1 is 0.367 bits per heavy atom. The zero-order valence-corrected chi connectivity index (χ0v) is 31.9. The van der Waals surface area contributed by atoms with E-state index in [0.29, 0.717) is 17.3 Å². The zero-order valence-electron chi connectivity index (χ0n) is 31.9. The highest BCUT2D eigenvalue weighted by Crippen LogP contribution is 2.48. The van der Waals surface area contributed by atoms with Crippen LogP contribution in [-0.4, -0.2) is 23.5 Å². The van der Waals surface area contributed by atoms with E-state index in [4.69, 9.17) is 14.4 Å². The van der Waals surface area contributed by atoms with Crippen molar-refractivity contribution in [2.45, 2.75) is 0 Å². The molecule has 15 rings (SSSR count). The highest BCUT2D eigenvalue weighted by molar-refractivity contribution is 6.38. The minimum Gasteiger partial charge on any atom is -0.450 e. The minimum absolute atomic E-state index is 0.593. The second kappa shape index (κ2) is 10.8. The summed E-state index contributed by atoms with van der Waals surface area (Å²) in [4.78, 5) is 11.1. The van der Waals surface area contributed by atoms with E-state index in [-0.39, 0.29) is 0 Å². The van der Waals surface area contributed by atoms with E-state index < -0.39 is 0 Å². The van der Waals surface area contributed by atoms with Crippen LogP contribution in [0.15, 0.2) is 180 Å². The maximum atomic E-state index is 6.87. The normalized spacial score (nSPS) is 12.7. The quantitative estimate of drug-likeness (QED) is 0.176. The van der Waals surface area contributed by atoms with Crippen molar-refractivity contribution < 1.29 is 4.42 Å². The van der Waals surface area contributed by atoms with Gasteiger partial charge >= 0.3 is 0 Å². The smallest absolute Gasteiger partial charge is 0.237 e. The molecule has 0 saturated heterocycles. The van der Waals surface area contributed by atoms with Gasteiger partial charge in [0, 0.05) is 48.5 Å². The van der Waals surface area contributed by atoms with Crippen molar-refractivity contribution in [1.29, 1.82) is 0 Å². The van der Waals surface area contributed by atoms with Crippen molar-refractivity contribution in [2.75, 3.05) is 0 Å².